The molecule has 0 aromatic heterocycles. The molecular formula is C10H17F3N2O2. The third kappa shape index (κ3) is 4.91. The summed E-state index contributed by atoms with van der Waals surface area (Å²) in [4.78, 5) is 0. The monoisotopic (exact) mass is 254 g/mol. The molecule has 1 saturated heterocycles. The Hall–Kier alpha value is -0.820. The largest absolute Gasteiger partial charge is 0.400 e. The summed E-state index contributed by atoms with van der Waals surface area (Å²) in [6.45, 7) is 0.141. The van der Waals surface area contributed by atoms with Crippen molar-refractivity contribution in [3.63, 3.8) is 0 Å². The molecule has 0 aromatic carbocycles. The highest BCUT2D eigenvalue weighted by atomic mass is 19.4. The maximum Gasteiger partial charge on any atom is 0.400 e. The molecule has 0 radical (unpaired) electrons. The summed E-state index contributed by atoms with van der Waals surface area (Å²) < 4.78 is 47.5. The van der Waals surface area contributed by atoms with Crippen LogP contribution in [0.15, 0.2) is 0 Å². The zero-order chi connectivity index (χ0) is 12.9. The van der Waals surface area contributed by atoms with E-state index in [2.05, 4.69) is 0 Å². The lowest BCUT2D eigenvalue weighted by Crippen LogP contribution is -2.39. The van der Waals surface area contributed by atoms with Crippen LogP contribution in [0.5, 0.6) is 0 Å². The summed E-state index contributed by atoms with van der Waals surface area (Å²) in [5, 5.41) is 6.88. The average Bonchev–Trinajstić information content (AvgIpc) is 2.23. The first-order valence-electron chi connectivity index (χ1n) is 5.51. The summed E-state index contributed by atoms with van der Waals surface area (Å²) in [7, 11) is 0. The molecule has 1 aliphatic rings. The molecule has 7 heteroatoms. The van der Waals surface area contributed by atoms with Crippen LogP contribution in [-0.2, 0) is 9.47 Å². The van der Waals surface area contributed by atoms with Crippen LogP contribution in [0, 0.1) is 11.3 Å². The Labute approximate surface area is 97.8 Å². The molecule has 4 nitrogen and oxygen atoms in total. The van der Waals surface area contributed by atoms with E-state index in [0.29, 0.717) is 6.61 Å². The lowest BCUT2D eigenvalue weighted by Gasteiger charge is -2.24. The Morgan fingerprint density at radius 2 is 2.18 bits per heavy atom. The minimum atomic E-state index is -4.53. The molecule has 2 unspecified atom stereocenters. The summed E-state index contributed by atoms with van der Waals surface area (Å²) in [6.07, 6.45) is -1.88. The number of halogens is 3. The lowest BCUT2D eigenvalue weighted by atomic mass is 10.1. The van der Waals surface area contributed by atoms with Gasteiger partial charge in [0.25, 0.3) is 0 Å². The van der Waals surface area contributed by atoms with Crippen LogP contribution in [-0.4, -0.2) is 37.9 Å². The van der Waals surface area contributed by atoms with E-state index in [0.717, 1.165) is 19.3 Å². The summed E-state index contributed by atoms with van der Waals surface area (Å²) in [6, 6.07) is 0. The van der Waals surface area contributed by atoms with E-state index in [9.17, 15) is 13.2 Å². The van der Waals surface area contributed by atoms with Gasteiger partial charge in [0.05, 0.1) is 19.3 Å². The van der Waals surface area contributed by atoms with Gasteiger partial charge in [-0.3, -0.25) is 5.41 Å². The van der Waals surface area contributed by atoms with Crippen LogP contribution < -0.4 is 5.73 Å². The maximum absolute atomic E-state index is 12.4. The highest BCUT2D eigenvalue weighted by Crippen LogP contribution is 2.26. The average molecular weight is 254 g/mol. The van der Waals surface area contributed by atoms with Crippen molar-refractivity contribution < 1.29 is 22.6 Å². The van der Waals surface area contributed by atoms with E-state index < -0.39 is 24.5 Å². The van der Waals surface area contributed by atoms with Crippen molar-refractivity contribution in [3.8, 4) is 0 Å². The lowest BCUT2D eigenvalue weighted by molar-refractivity contribution is -0.171. The summed E-state index contributed by atoms with van der Waals surface area (Å²) in [5.74, 6) is -2.94. The number of nitrogens with two attached hydrogens (primary N) is 1. The van der Waals surface area contributed by atoms with Gasteiger partial charge >= 0.3 is 6.18 Å². The molecule has 2 atom stereocenters. The van der Waals surface area contributed by atoms with Gasteiger partial charge in [0.1, 0.15) is 11.8 Å². The molecule has 3 N–H and O–H groups in total. The molecule has 0 bridgehead atoms. The van der Waals surface area contributed by atoms with Gasteiger partial charge in [-0.05, 0) is 19.3 Å². The smallest absolute Gasteiger partial charge is 0.387 e. The molecular weight excluding hydrogens is 237 g/mol. The van der Waals surface area contributed by atoms with Crippen molar-refractivity contribution >= 4 is 5.84 Å². The Kier molecular flexibility index (Phi) is 5.20. The standard InChI is InChI=1S/C10H17F3N2O2/c11-10(12,13)8(9(14)15)6-16-5-7-3-1-2-4-17-7/h7-8H,1-6H2,(H3,14,15). The zero-order valence-corrected chi connectivity index (χ0v) is 9.43. The zero-order valence-electron chi connectivity index (χ0n) is 9.43. The van der Waals surface area contributed by atoms with Crippen LogP contribution in [0.3, 0.4) is 0 Å². The predicted octanol–water partition coefficient (Wildman–Crippen LogP) is 1.69. The SMILES string of the molecule is N=C(N)C(COCC1CCCCO1)C(F)(F)F. The molecule has 0 aromatic rings. The fourth-order valence-electron chi connectivity index (χ4n) is 1.62. The molecule has 0 spiro atoms. The normalized spacial score (nSPS) is 23.4. The van der Waals surface area contributed by atoms with Gasteiger partial charge in [0.2, 0.25) is 0 Å². The van der Waals surface area contributed by atoms with E-state index in [4.69, 9.17) is 20.6 Å². The number of hydrogen-bond donors (Lipinski definition) is 2. The molecule has 1 aliphatic heterocycles. The third-order valence-electron chi connectivity index (χ3n) is 2.63. The predicted molar refractivity (Wildman–Crippen MR) is 55.9 cm³/mol. The maximum atomic E-state index is 12.4. The molecule has 0 aliphatic carbocycles. The van der Waals surface area contributed by atoms with Crippen molar-refractivity contribution in [1.29, 1.82) is 5.41 Å². The van der Waals surface area contributed by atoms with E-state index >= 15 is 0 Å². The minimum Gasteiger partial charge on any atom is -0.387 e. The summed E-state index contributed by atoms with van der Waals surface area (Å²) >= 11 is 0. The number of nitrogens with one attached hydrogen (secondary N) is 1. The number of rotatable bonds is 5. The molecule has 0 amide bonds. The number of alkyl halides is 3. The molecule has 100 valence electrons. The van der Waals surface area contributed by atoms with Crippen molar-refractivity contribution in [2.45, 2.75) is 31.5 Å². The number of hydrogen-bond acceptors (Lipinski definition) is 3. The van der Waals surface area contributed by atoms with E-state index in [1.54, 1.807) is 0 Å². The Bertz CT molecular complexity index is 252. The second-order valence-electron chi connectivity index (χ2n) is 4.08. The van der Waals surface area contributed by atoms with Crippen molar-refractivity contribution in [1.82, 2.24) is 0 Å². The number of ether oxygens (including phenoxy) is 2. The Morgan fingerprint density at radius 1 is 1.47 bits per heavy atom. The van der Waals surface area contributed by atoms with E-state index in [1.165, 1.54) is 0 Å². The van der Waals surface area contributed by atoms with Gasteiger partial charge in [0.15, 0.2) is 0 Å². The van der Waals surface area contributed by atoms with E-state index in [-0.39, 0.29) is 12.7 Å². The molecule has 1 heterocycles. The second kappa shape index (κ2) is 6.20. The highest BCUT2D eigenvalue weighted by Gasteiger charge is 2.42. The minimum absolute atomic E-state index is 0.125. The summed E-state index contributed by atoms with van der Waals surface area (Å²) in [5.41, 5.74) is 4.89. The van der Waals surface area contributed by atoms with Crippen molar-refractivity contribution in [3.05, 3.63) is 0 Å². The highest BCUT2D eigenvalue weighted by molar-refractivity contribution is 5.80. The Morgan fingerprint density at radius 3 is 2.65 bits per heavy atom. The fraction of sp³-hybridized carbons (Fsp3) is 0.900. The topological polar surface area (TPSA) is 68.3 Å². The molecule has 17 heavy (non-hydrogen) atoms. The van der Waals surface area contributed by atoms with Gasteiger partial charge in [0, 0.05) is 6.61 Å². The number of amidine groups is 1. The Balaban J connectivity index is 2.29. The van der Waals surface area contributed by atoms with Crippen LogP contribution in [0.2, 0.25) is 0 Å². The van der Waals surface area contributed by atoms with Crippen molar-refractivity contribution in [2.75, 3.05) is 19.8 Å². The van der Waals surface area contributed by atoms with Gasteiger partial charge in [-0.15, -0.1) is 0 Å². The first-order valence-corrected chi connectivity index (χ1v) is 5.51. The van der Waals surface area contributed by atoms with Gasteiger partial charge < -0.3 is 15.2 Å². The molecule has 0 saturated carbocycles. The van der Waals surface area contributed by atoms with Crippen molar-refractivity contribution in [2.24, 2.45) is 11.7 Å². The van der Waals surface area contributed by atoms with Gasteiger partial charge in [-0.2, -0.15) is 13.2 Å². The van der Waals surface area contributed by atoms with Crippen LogP contribution in [0.4, 0.5) is 13.2 Å². The van der Waals surface area contributed by atoms with Crippen LogP contribution in [0.1, 0.15) is 19.3 Å². The van der Waals surface area contributed by atoms with Gasteiger partial charge in [-0.1, -0.05) is 0 Å². The molecule has 1 fully saturated rings. The van der Waals surface area contributed by atoms with Crippen LogP contribution in [0.25, 0.3) is 0 Å². The fourth-order valence-corrected chi connectivity index (χ4v) is 1.62. The quantitative estimate of drug-likeness (QED) is 0.579. The second-order valence-corrected chi connectivity index (χ2v) is 4.08. The van der Waals surface area contributed by atoms with Crippen LogP contribution >= 0.6 is 0 Å². The molecule has 1 rings (SSSR count). The third-order valence-corrected chi connectivity index (χ3v) is 2.63. The first-order chi connectivity index (χ1) is 7.91. The van der Waals surface area contributed by atoms with Gasteiger partial charge in [-0.25, -0.2) is 0 Å². The van der Waals surface area contributed by atoms with E-state index in [1.807, 2.05) is 0 Å². The first kappa shape index (κ1) is 14.2.